The van der Waals surface area contributed by atoms with Crippen LogP contribution >= 0.6 is 0 Å². The summed E-state index contributed by atoms with van der Waals surface area (Å²) in [4.78, 5) is 2.12. The fourth-order valence-electron chi connectivity index (χ4n) is 2.62. The molecule has 6 heteroatoms. The van der Waals surface area contributed by atoms with Gasteiger partial charge in [0.15, 0.2) is 5.84 Å². The summed E-state index contributed by atoms with van der Waals surface area (Å²) in [7, 11) is 1.99. The third-order valence-electron chi connectivity index (χ3n) is 3.81. The highest BCUT2D eigenvalue weighted by Crippen LogP contribution is 2.18. The van der Waals surface area contributed by atoms with Gasteiger partial charge in [-0.25, -0.2) is 4.39 Å². The Morgan fingerprint density at radius 2 is 2.19 bits per heavy atom. The largest absolute Gasteiger partial charge is 0.409 e. The van der Waals surface area contributed by atoms with Crippen molar-refractivity contribution in [3.63, 3.8) is 0 Å². The summed E-state index contributed by atoms with van der Waals surface area (Å²) in [6, 6.07) is 4.64. The lowest BCUT2D eigenvalue weighted by atomic mass is 9.99. The first-order valence-corrected chi connectivity index (χ1v) is 7.12. The van der Waals surface area contributed by atoms with Crippen LogP contribution in [0.2, 0.25) is 0 Å². The maximum absolute atomic E-state index is 14.0. The second kappa shape index (κ2) is 7.38. The lowest BCUT2D eigenvalue weighted by Crippen LogP contribution is -2.29. The smallest absolute Gasteiger partial charge is 0.170 e. The fourth-order valence-corrected chi connectivity index (χ4v) is 2.62. The third-order valence-corrected chi connectivity index (χ3v) is 3.81. The molecule has 0 unspecified atom stereocenters. The quantitative estimate of drug-likeness (QED) is 0.376. The average molecular weight is 295 g/mol. The molecule has 1 fully saturated rings. The van der Waals surface area contributed by atoms with Crippen molar-refractivity contribution in [2.45, 2.75) is 19.4 Å². The van der Waals surface area contributed by atoms with Crippen molar-refractivity contribution >= 4 is 5.84 Å². The van der Waals surface area contributed by atoms with Gasteiger partial charge in [0.25, 0.3) is 0 Å². The molecule has 0 aliphatic carbocycles. The summed E-state index contributed by atoms with van der Waals surface area (Å²) in [6.07, 6.45) is 2.13. The Hall–Kier alpha value is -1.66. The normalized spacial score (nSPS) is 17.4. The van der Waals surface area contributed by atoms with E-state index in [1.807, 2.05) is 7.05 Å². The van der Waals surface area contributed by atoms with Crippen LogP contribution in [0.25, 0.3) is 0 Å². The number of nitrogens with two attached hydrogens (primary N) is 1. The second-order valence-electron chi connectivity index (χ2n) is 5.54. The third kappa shape index (κ3) is 4.41. The predicted molar refractivity (Wildman–Crippen MR) is 78.8 cm³/mol. The fraction of sp³-hybridized carbons (Fsp3) is 0.533. The Kier molecular flexibility index (Phi) is 5.52. The highest BCUT2D eigenvalue weighted by molar-refractivity contribution is 5.97. The number of oxime groups is 1. The zero-order valence-corrected chi connectivity index (χ0v) is 12.3. The van der Waals surface area contributed by atoms with Crippen LogP contribution in [0.15, 0.2) is 23.4 Å². The average Bonchev–Trinajstić information content (AvgIpc) is 2.49. The molecule has 2 rings (SSSR count). The lowest BCUT2D eigenvalue weighted by Gasteiger charge is -2.27. The van der Waals surface area contributed by atoms with E-state index in [2.05, 4.69) is 10.1 Å². The summed E-state index contributed by atoms with van der Waals surface area (Å²) < 4.78 is 19.4. The number of amidine groups is 1. The van der Waals surface area contributed by atoms with Gasteiger partial charge in [0, 0.05) is 37.4 Å². The van der Waals surface area contributed by atoms with Gasteiger partial charge in [0.2, 0.25) is 0 Å². The van der Waals surface area contributed by atoms with Crippen molar-refractivity contribution in [3.8, 4) is 0 Å². The summed E-state index contributed by atoms with van der Waals surface area (Å²) in [5.41, 5.74) is 6.44. The Balaban J connectivity index is 1.95. The molecule has 0 atom stereocenters. The Morgan fingerprint density at radius 1 is 1.48 bits per heavy atom. The van der Waals surface area contributed by atoms with Gasteiger partial charge < -0.3 is 20.6 Å². The van der Waals surface area contributed by atoms with Gasteiger partial charge >= 0.3 is 0 Å². The maximum atomic E-state index is 14.0. The van der Waals surface area contributed by atoms with E-state index in [0.29, 0.717) is 23.6 Å². The number of benzene rings is 1. The standard InChI is InChI=1S/C15H22FN3O2/c1-19(9-11-4-6-21-7-5-11)10-13-3-2-12(8-14(13)16)15(17)18-20/h2-3,8,11,20H,4-7,9-10H2,1H3,(H2,17,18). The Labute approximate surface area is 124 Å². The highest BCUT2D eigenvalue weighted by Gasteiger charge is 2.16. The van der Waals surface area contributed by atoms with Gasteiger partial charge in [-0.1, -0.05) is 17.3 Å². The molecule has 0 radical (unpaired) electrons. The zero-order valence-electron chi connectivity index (χ0n) is 12.3. The number of halogens is 1. The van der Waals surface area contributed by atoms with Crippen LogP contribution in [-0.4, -0.2) is 42.7 Å². The van der Waals surface area contributed by atoms with Crippen LogP contribution in [-0.2, 0) is 11.3 Å². The zero-order chi connectivity index (χ0) is 15.2. The molecule has 0 saturated carbocycles. The van der Waals surface area contributed by atoms with Crippen LogP contribution < -0.4 is 5.73 Å². The van der Waals surface area contributed by atoms with Crippen LogP contribution in [0, 0.1) is 11.7 Å². The van der Waals surface area contributed by atoms with Crippen molar-refractivity contribution in [2.75, 3.05) is 26.8 Å². The first-order chi connectivity index (χ1) is 10.1. The van der Waals surface area contributed by atoms with Crippen molar-refractivity contribution < 1.29 is 14.3 Å². The van der Waals surface area contributed by atoms with E-state index in [1.54, 1.807) is 12.1 Å². The molecule has 0 spiro atoms. The molecule has 1 saturated heterocycles. The molecule has 3 N–H and O–H groups in total. The van der Waals surface area contributed by atoms with Crippen molar-refractivity contribution in [1.29, 1.82) is 0 Å². The molecule has 0 bridgehead atoms. The van der Waals surface area contributed by atoms with Gasteiger partial charge in [-0.05, 0) is 31.9 Å². The van der Waals surface area contributed by atoms with E-state index < -0.39 is 0 Å². The van der Waals surface area contributed by atoms with Crippen LogP contribution in [0.1, 0.15) is 24.0 Å². The molecule has 1 aliphatic rings. The number of rotatable bonds is 5. The van der Waals surface area contributed by atoms with Crippen LogP contribution in [0.4, 0.5) is 4.39 Å². The summed E-state index contributed by atoms with van der Waals surface area (Å²) in [6.45, 7) is 3.12. The van der Waals surface area contributed by atoms with E-state index in [-0.39, 0.29) is 11.7 Å². The highest BCUT2D eigenvalue weighted by atomic mass is 19.1. The molecule has 5 nitrogen and oxygen atoms in total. The number of nitrogens with zero attached hydrogens (tertiary/aromatic N) is 2. The molecule has 0 aromatic heterocycles. The van der Waals surface area contributed by atoms with Gasteiger partial charge in [-0.2, -0.15) is 0 Å². The minimum atomic E-state index is -0.335. The minimum Gasteiger partial charge on any atom is -0.409 e. The minimum absolute atomic E-state index is 0.0870. The number of hydrogen-bond donors (Lipinski definition) is 2. The molecule has 116 valence electrons. The summed E-state index contributed by atoms with van der Waals surface area (Å²) in [5.74, 6) is 0.192. The van der Waals surface area contributed by atoms with Crippen molar-refractivity contribution in [3.05, 3.63) is 35.1 Å². The predicted octanol–water partition coefficient (Wildman–Crippen LogP) is 1.78. The van der Waals surface area contributed by atoms with Gasteiger partial charge in [0.1, 0.15) is 5.82 Å². The van der Waals surface area contributed by atoms with E-state index in [9.17, 15) is 4.39 Å². The molecular formula is C15H22FN3O2. The first kappa shape index (κ1) is 15.7. The van der Waals surface area contributed by atoms with Crippen molar-refractivity contribution in [1.82, 2.24) is 4.90 Å². The first-order valence-electron chi connectivity index (χ1n) is 7.12. The topological polar surface area (TPSA) is 71.1 Å². The second-order valence-corrected chi connectivity index (χ2v) is 5.54. The summed E-state index contributed by atoms with van der Waals surface area (Å²) in [5, 5.41) is 11.5. The molecule has 1 aliphatic heterocycles. The molecule has 1 aromatic rings. The summed E-state index contributed by atoms with van der Waals surface area (Å²) >= 11 is 0. The van der Waals surface area contributed by atoms with E-state index in [1.165, 1.54) is 6.07 Å². The van der Waals surface area contributed by atoms with Gasteiger partial charge in [0.05, 0.1) is 0 Å². The SMILES string of the molecule is CN(Cc1ccc(C(N)=NO)cc1F)CC1CCOCC1. The van der Waals surface area contributed by atoms with Crippen LogP contribution in [0.3, 0.4) is 0 Å². The van der Waals surface area contributed by atoms with E-state index in [0.717, 1.165) is 32.6 Å². The van der Waals surface area contributed by atoms with E-state index in [4.69, 9.17) is 15.7 Å². The maximum Gasteiger partial charge on any atom is 0.170 e. The van der Waals surface area contributed by atoms with E-state index >= 15 is 0 Å². The molecule has 1 aromatic carbocycles. The molecule has 21 heavy (non-hydrogen) atoms. The van der Waals surface area contributed by atoms with Crippen molar-refractivity contribution in [2.24, 2.45) is 16.8 Å². The monoisotopic (exact) mass is 295 g/mol. The van der Waals surface area contributed by atoms with Gasteiger partial charge in [-0.15, -0.1) is 0 Å². The number of ether oxygens (including phenoxy) is 1. The van der Waals surface area contributed by atoms with Gasteiger partial charge in [-0.3, -0.25) is 0 Å². The molecule has 0 amide bonds. The van der Waals surface area contributed by atoms with Crippen LogP contribution in [0.5, 0.6) is 0 Å². The Bertz CT molecular complexity index is 502. The Morgan fingerprint density at radius 3 is 2.81 bits per heavy atom. The number of hydrogen-bond acceptors (Lipinski definition) is 4. The molecular weight excluding hydrogens is 273 g/mol. The molecule has 1 heterocycles. The lowest BCUT2D eigenvalue weighted by molar-refractivity contribution is 0.0548.